The minimum atomic E-state index is 1.08. The van der Waals surface area contributed by atoms with Crippen LogP contribution in [-0.2, 0) is 0 Å². The van der Waals surface area contributed by atoms with Gasteiger partial charge in [-0.2, -0.15) is 0 Å². The number of para-hydroxylation sites is 1. The van der Waals surface area contributed by atoms with Crippen LogP contribution in [0.15, 0.2) is 237 Å². The van der Waals surface area contributed by atoms with Crippen molar-refractivity contribution >= 4 is 49.6 Å². The molecule has 10 aromatic carbocycles. The number of hydrogen-bond acceptors (Lipinski definition) is 1. The van der Waals surface area contributed by atoms with E-state index in [1.165, 1.54) is 77.1 Å². The van der Waals surface area contributed by atoms with Crippen LogP contribution in [0.3, 0.4) is 0 Å². The summed E-state index contributed by atoms with van der Waals surface area (Å²) in [7, 11) is 0. The second-order valence-corrected chi connectivity index (χ2v) is 15.9. The minimum Gasteiger partial charge on any atom is -0.310 e. The normalized spacial score (nSPS) is 11.4. The molecule has 0 aliphatic rings. The highest BCUT2D eigenvalue weighted by Crippen LogP contribution is 2.43. The molecule has 1 aromatic heterocycles. The fourth-order valence-electron chi connectivity index (χ4n) is 8.92. The van der Waals surface area contributed by atoms with Crippen molar-refractivity contribution in [3.8, 4) is 50.2 Å². The van der Waals surface area contributed by atoms with Crippen LogP contribution in [0.1, 0.15) is 5.56 Å². The summed E-state index contributed by atoms with van der Waals surface area (Å²) in [6.45, 7) is 2.14. The summed E-state index contributed by atoms with van der Waals surface area (Å²) >= 11 is 0. The molecule has 2 heteroatoms. The van der Waals surface area contributed by atoms with Gasteiger partial charge in [-0.25, -0.2) is 0 Å². The Labute approximate surface area is 356 Å². The van der Waals surface area contributed by atoms with Gasteiger partial charge in [0.25, 0.3) is 0 Å². The molecule has 0 unspecified atom stereocenters. The molecule has 0 amide bonds. The Morgan fingerprint density at radius 3 is 1.48 bits per heavy atom. The molecular weight excluding hydrogens is 737 g/mol. The van der Waals surface area contributed by atoms with E-state index < -0.39 is 0 Å². The zero-order valence-corrected chi connectivity index (χ0v) is 33.9. The van der Waals surface area contributed by atoms with Crippen molar-refractivity contribution in [1.29, 1.82) is 0 Å². The second-order valence-electron chi connectivity index (χ2n) is 15.9. The predicted octanol–water partition coefficient (Wildman–Crippen LogP) is 16.4. The van der Waals surface area contributed by atoms with Crippen molar-refractivity contribution in [3.63, 3.8) is 0 Å². The number of anilines is 3. The SMILES string of the molecule is Cc1ccc(-c2ccc(-n3c4ccccc4c4ccc(N(c5ccc(-c6ccccc6)cc5)c5ccc(-c6ccccc6)cc5)cc43)c(-c3ccc4ccccc4c3)c2)cc1. The number of benzene rings is 10. The van der Waals surface area contributed by atoms with E-state index in [4.69, 9.17) is 0 Å². The van der Waals surface area contributed by atoms with Crippen LogP contribution in [0.2, 0.25) is 0 Å². The molecule has 0 spiro atoms. The quantitative estimate of drug-likeness (QED) is 0.149. The maximum atomic E-state index is 2.48. The number of rotatable bonds is 8. The Morgan fingerprint density at radius 2 is 0.803 bits per heavy atom. The third-order valence-corrected chi connectivity index (χ3v) is 12.1. The molecule has 0 atom stereocenters. The topological polar surface area (TPSA) is 8.17 Å². The molecule has 0 aliphatic carbocycles. The van der Waals surface area contributed by atoms with E-state index >= 15 is 0 Å². The molecule has 0 N–H and O–H groups in total. The second kappa shape index (κ2) is 15.3. The van der Waals surface area contributed by atoms with Crippen LogP contribution >= 0.6 is 0 Å². The van der Waals surface area contributed by atoms with E-state index in [1.807, 2.05) is 0 Å². The molecule has 0 radical (unpaired) electrons. The first-order valence-electron chi connectivity index (χ1n) is 21.0. The van der Waals surface area contributed by atoms with Crippen LogP contribution in [0.5, 0.6) is 0 Å². The van der Waals surface area contributed by atoms with Gasteiger partial charge in [-0.1, -0.05) is 181 Å². The van der Waals surface area contributed by atoms with Crippen LogP contribution in [0.4, 0.5) is 17.1 Å². The van der Waals surface area contributed by atoms with Crippen LogP contribution in [0, 0.1) is 6.92 Å². The number of aryl methyl sites for hydroxylation is 1. The largest absolute Gasteiger partial charge is 0.310 e. The summed E-state index contributed by atoms with van der Waals surface area (Å²) in [5, 5.41) is 4.90. The summed E-state index contributed by atoms with van der Waals surface area (Å²) in [6, 6.07) is 86.2. The highest BCUT2D eigenvalue weighted by Gasteiger charge is 2.20. The molecule has 11 aromatic rings. The predicted molar refractivity (Wildman–Crippen MR) is 259 cm³/mol. The van der Waals surface area contributed by atoms with Gasteiger partial charge < -0.3 is 9.47 Å². The van der Waals surface area contributed by atoms with Gasteiger partial charge >= 0.3 is 0 Å². The van der Waals surface area contributed by atoms with Crippen molar-refractivity contribution < 1.29 is 0 Å². The Balaban J connectivity index is 1.12. The molecule has 0 saturated carbocycles. The molecular formula is C59H42N2. The zero-order chi connectivity index (χ0) is 40.7. The van der Waals surface area contributed by atoms with Gasteiger partial charge in [0, 0.05) is 33.4 Å². The van der Waals surface area contributed by atoms with E-state index in [0.717, 1.165) is 28.3 Å². The number of nitrogens with zero attached hydrogens (tertiary/aromatic N) is 2. The summed E-state index contributed by atoms with van der Waals surface area (Å²) < 4.78 is 2.48. The molecule has 0 saturated heterocycles. The van der Waals surface area contributed by atoms with E-state index in [-0.39, 0.29) is 0 Å². The van der Waals surface area contributed by atoms with Gasteiger partial charge in [0.1, 0.15) is 0 Å². The monoisotopic (exact) mass is 778 g/mol. The summed E-state index contributed by atoms with van der Waals surface area (Å²) in [4.78, 5) is 2.38. The smallest absolute Gasteiger partial charge is 0.0562 e. The number of hydrogen-bond donors (Lipinski definition) is 0. The first-order chi connectivity index (χ1) is 30.1. The van der Waals surface area contributed by atoms with Gasteiger partial charge in [-0.3, -0.25) is 0 Å². The molecule has 1 heterocycles. The average Bonchev–Trinajstić information content (AvgIpc) is 3.66. The third-order valence-electron chi connectivity index (χ3n) is 12.1. The maximum absolute atomic E-state index is 2.48. The maximum Gasteiger partial charge on any atom is 0.0562 e. The molecule has 0 fully saturated rings. The molecule has 2 nitrogen and oxygen atoms in total. The van der Waals surface area contributed by atoms with E-state index in [0.29, 0.717) is 0 Å². The summed E-state index contributed by atoms with van der Waals surface area (Å²) in [5.41, 5.74) is 17.5. The van der Waals surface area contributed by atoms with Crippen LogP contribution in [-0.4, -0.2) is 4.57 Å². The van der Waals surface area contributed by atoms with E-state index in [1.54, 1.807) is 0 Å². The van der Waals surface area contributed by atoms with E-state index in [2.05, 4.69) is 253 Å². The standard InChI is InChI=1S/C59H42N2/c1-41-20-22-47(23-21-41)49-30-37-58(56(39-49)50-25-24-44-16-8-9-17-48(44)38-50)61-57-19-11-10-18-54(57)55-36-35-53(40-59(55)61)60(51-31-26-45(27-32-51)42-12-4-2-5-13-42)52-33-28-46(29-34-52)43-14-6-3-7-15-43/h2-40H,1H3. The van der Waals surface area contributed by atoms with Crippen LogP contribution < -0.4 is 4.90 Å². The van der Waals surface area contributed by atoms with Crippen molar-refractivity contribution in [1.82, 2.24) is 4.57 Å². The van der Waals surface area contributed by atoms with Gasteiger partial charge in [0.2, 0.25) is 0 Å². The van der Waals surface area contributed by atoms with Crippen molar-refractivity contribution in [2.45, 2.75) is 6.92 Å². The number of fused-ring (bicyclic) bond motifs is 4. The molecule has 0 bridgehead atoms. The van der Waals surface area contributed by atoms with Crippen molar-refractivity contribution in [3.05, 3.63) is 242 Å². The van der Waals surface area contributed by atoms with Gasteiger partial charge in [-0.05, 0) is 117 Å². The molecule has 61 heavy (non-hydrogen) atoms. The zero-order valence-electron chi connectivity index (χ0n) is 33.9. The Bertz CT molecular complexity index is 3240. The minimum absolute atomic E-state index is 1.08. The fraction of sp³-hybridized carbons (Fsp3) is 0.0169. The lowest BCUT2D eigenvalue weighted by atomic mass is 9.95. The fourth-order valence-corrected chi connectivity index (χ4v) is 8.92. The van der Waals surface area contributed by atoms with Gasteiger partial charge in [-0.15, -0.1) is 0 Å². The molecule has 0 aliphatic heterocycles. The first-order valence-corrected chi connectivity index (χ1v) is 21.0. The lowest BCUT2D eigenvalue weighted by Crippen LogP contribution is -2.10. The average molecular weight is 779 g/mol. The first kappa shape index (κ1) is 36.2. The Kier molecular flexibility index (Phi) is 9.09. The molecule has 11 rings (SSSR count). The highest BCUT2D eigenvalue weighted by atomic mass is 15.1. The van der Waals surface area contributed by atoms with Crippen LogP contribution in [0.25, 0.3) is 82.8 Å². The molecule has 288 valence electrons. The van der Waals surface area contributed by atoms with Gasteiger partial charge in [0.05, 0.1) is 16.7 Å². The highest BCUT2D eigenvalue weighted by molar-refractivity contribution is 6.11. The van der Waals surface area contributed by atoms with Crippen molar-refractivity contribution in [2.24, 2.45) is 0 Å². The van der Waals surface area contributed by atoms with Gasteiger partial charge in [0.15, 0.2) is 0 Å². The van der Waals surface area contributed by atoms with E-state index in [9.17, 15) is 0 Å². The Morgan fingerprint density at radius 1 is 0.311 bits per heavy atom. The summed E-state index contributed by atoms with van der Waals surface area (Å²) in [5.74, 6) is 0. The van der Waals surface area contributed by atoms with Crippen molar-refractivity contribution in [2.75, 3.05) is 4.90 Å². The summed E-state index contributed by atoms with van der Waals surface area (Å²) in [6.07, 6.45) is 0. The number of aromatic nitrogens is 1. The lowest BCUT2D eigenvalue weighted by molar-refractivity contribution is 1.18. The Hall–Kier alpha value is -7.94. The third kappa shape index (κ3) is 6.75. The lowest BCUT2D eigenvalue weighted by Gasteiger charge is -2.26.